The van der Waals surface area contributed by atoms with Gasteiger partial charge in [-0.25, -0.2) is 0 Å². The highest BCUT2D eigenvalue weighted by atomic mass is 16.5. The van der Waals surface area contributed by atoms with Gasteiger partial charge in [0.2, 0.25) is 5.89 Å². The number of hydrogen-bond donors (Lipinski definition) is 0. The zero-order valence-electron chi connectivity index (χ0n) is 11.0. The number of aromatic nitrogens is 4. The molecule has 2 fully saturated rings. The smallest absolute Gasteiger partial charge is 0.240 e. The average Bonchev–Trinajstić information content (AvgIpc) is 2.94. The molecular weight excluding hydrogens is 242 g/mol. The maximum atomic E-state index is 5.29. The van der Waals surface area contributed by atoms with Crippen LogP contribution in [0.2, 0.25) is 0 Å². The number of rotatable bonds is 4. The lowest BCUT2D eigenvalue weighted by Crippen LogP contribution is -2.47. The molecule has 1 aliphatic heterocycles. The summed E-state index contributed by atoms with van der Waals surface area (Å²) < 4.78 is 7.34. The molecule has 6 nitrogen and oxygen atoms in total. The normalized spacial score (nSPS) is 20.7. The van der Waals surface area contributed by atoms with Crippen molar-refractivity contribution in [3.63, 3.8) is 0 Å². The van der Waals surface area contributed by atoms with Crippen LogP contribution in [0, 0.1) is 6.92 Å². The topological polar surface area (TPSA) is 60.0 Å². The molecule has 0 amide bonds. The molecule has 2 aromatic rings. The van der Waals surface area contributed by atoms with Crippen molar-refractivity contribution in [1.29, 1.82) is 0 Å². The molecule has 1 saturated heterocycles. The fraction of sp³-hybridized carbons (Fsp3) is 0.615. The van der Waals surface area contributed by atoms with E-state index in [-0.39, 0.29) is 0 Å². The average molecular weight is 259 g/mol. The molecule has 0 spiro atoms. The van der Waals surface area contributed by atoms with Crippen LogP contribution in [0.25, 0.3) is 0 Å². The second-order valence-electron chi connectivity index (χ2n) is 5.67. The summed E-state index contributed by atoms with van der Waals surface area (Å²) in [7, 11) is 0. The fourth-order valence-electron chi connectivity index (χ4n) is 2.50. The first-order valence-electron chi connectivity index (χ1n) is 6.83. The third-order valence-corrected chi connectivity index (χ3v) is 3.83. The molecule has 0 bridgehead atoms. The third kappa shape index (κ3) is 2.16. The van der Waals surface area contributed by atoms with Crippen molar-refractivity contribution in [2.24, 2.45) is 0 Å². The van der Waals surface area contributed by atoms with Crippen LogP contribution in [0.5, 0.6) is 0 Å². The molecule has 100 valence electrons. The van der Waals surface area contributed by atoms with Gasteiger partial charge in [-0.1, -0.05) is 5.16 Å². The van der Waals surface area contributed by atoms with Crippen LogP contribution in [0.4, 0.5) is 0 Å². The summed E-state index contributed by atoms with van der Waals surface area (Å²) in [6.45, 7) is 4.83. The Hall–Kier alpha value is -1.69. The third-order valence-electron chi connectivity index (χ3n) is 3.83. The standard InChI is InChI=1S/C13H17N5O/c1-9-4-14-18(5-9)11-6-17(7-11)8-12-15-13(16-19-12)10-2-3-10/h4-5,10-11H,2-3,6-8H2,1H3. The summed E-state index contributed by atoms with van der Waals surface area (Å²) in [6, 6.07) is 0.486. The predicted octanol–water partition coefficient (Wildman–Crippen LogP) is 1.51. The van der Waals surface area contributed by atoms with Gasteiger partial charge >= 0.3 is 0 Å². The predicted molar refractivity (Wildman–Crippen MR) is 67.6 cm³/mol. The summed E-state index contributed by atoms with van der Waals surface area (Å²) in [5, 5.41) is 8.39. The van der Waals surface area contributed by atoms with Crippen LogP contribution in [0.1, 0.15) is 42.1 Å². The molecule has 4 rings (SSSR count). The van der Waals surface area contributed by atoms with Crippen LogP contribution in [-0.4, -0.2) is 37.9 Å². The molecule has 19 heavy (non-hydrogen) atoms. The molecule has 3 heterocycles. The number of likely N-dealkylation sites (tertiary alicyclic amines) is 1. The highest BCUT2D eigenvalue weighted by Gasteiger charge is 2.32. The van der Waals surface area contributed by atoms with E-state index in [9.17, 15) is 0 Å². The highest BCUT2D eigenvalue weighted by Crippen LogP contribution is 2.38. The highest BCUT2D eigenvalue weighted by molar-refractivity contribution is 5.04. The number of nitrogens with zero attached hydrogens (tertiary/aromatic N) is 5. The van der Waals surface area contributed by atoms with Gasteiger partial charge in [-0.2, -0.15) is 10.1 Å². The van der Waals surface area contributed by atoms with Crippen LogP contribution in [0.15, 0.2) is 16.9 Å². The van der Waals surface area contributed by atoms with Crippen molar-refractivity contribution in [3.05, 3.63) is 29.7 Å². The first-order valence-corrected chi connectivity index (χ1v) is 6.83. The number of hydrogen-bond acceptors (Lipinski definition) is 5. The van der Waals surface area contributed by atoms with Crippen LogP contribution < -0.4 is 0 Å². The molecular formula is C13H17N5O. The van der Waals surface area contributed by atoms with Gasteiger partial charge in [0, 0.05) is 25.2 Å². The van der Waals surface area contributed by atoms with E-state index in [0.29, 0.717) is 12.0 Å². The molecule has 2 aliphatic rings. The van der Waals surface area contributed by atoms with Crippen molar-refractivity contribution in [3.8, 4) is 0 Å². The molecule has 0 atom stereocenters. The molecule has 0 unspecified atom stereocenters. The van der Waals surface area contributed by atoms with Crippen molar-refractivity contribution < 1.29 is 4.52 Å². The SMILES string of the molecule is Cc1cnn(C2CN(Cc3nc(C4CC4)no3)C2)c1. The Morgan fingerprint density at radius 3 is 2.89 bits per heavy atom. The van der Waals surface area contributed by atoms with Crippen LogP contribution >= 0.6 is 0 Å². The van der Waals surface area contributed by atoms with Gasteiger partial charge in [0.15, 0.2) is 5.82 Å². The summed E-state index contributed by atoms with van der Waals surface area (Å²) in [5.74, 6) is 2.21. The number of aryl methyl sites for hydroxylation is 1. The maximum Gasteiger partial charge on any atom is 0.240 e. The van der Waals surface area contributed by atoms with E-state index >= 15 is 0 Å². The van der Waals surface area contributed by atoms with Crippen molar-refractivity contribution in [1.82, 2.24) is 24.8 Å². The maximum absolute atomic E-state index is 5.29. The Morgan fingerprint density at radius 1 is 1.37 bits per heavy atom. The van der Waals surface area contributed by atoms with E-state index in [4.69, 9.17) is 4.52 Å². The summed E-state index contributed by atoms with van der Waals surface area (Å²) >= 11 is 0. The summed E-state index contributed by atoms with van der Waals surface area (Å²) in [5.41, 5.74) is 1.21. The minimum Gasteiger partial charge on any atom is -0.338 e. The van der Waals surface area contributed by atoms with Gasteiger partial charge < -0.3 is 4.52 Å². The lowest BCUT2D eigenvalue weighted by atomic mass is 10.1. The molecule has 0 N–H and O–H groups in total. The van der Waals surface area contributed by atoms with Gasteiger partial charge in [-0.3, -0.25) is 9.58 Å². The van der Waals surface area contributed by atoms with Crippen molar-refractivity contribution in [2.75, 3.05) is 13.1 Å². The zero-order valence-corrected chi connectivity index (χ0v) is 11.0. The van der Waals surface area contributed by atoms with Crippen LogP contribution in [-0.2, 0) is 6.54 Å². The fourth-order valence-corrected chi connectivity index (χ4v) is 2.50. The van der Waals surface area contributed by atoms with Gasteiger partial charge in [-0.05, 0) is 25.3 Å². The van der Waals surface area contributed by atoms with E-state index in [1.807, 2.05) is 6.20 Å². The Balaban J connectivity index is 1.33. The molecule has 6 heteroatoms. The second-order valence-corrected chi connectivity index (χ2v) is 5.67. The molecule has 1 saturated carbocycles. The largest absolute Gasteiger partial charge is 0.338 e. The minimum atomic E-state index is 0.486. The lowest BCUT2D eigenvalue weighted by molar-refractivity contribution is 0.0790. The Bertz CT molecular complexity index is 579. The van der Waals surface area contributed by atoms with E-state index in [0.717, 1.165) is 31.3 Å². The second kappa shape index (κ2) is 4.16. The van der Waals surface area contributed by atoms with Gasteiger partial charge in [0.25, 0.3) is 0 Å². The van der Waals surface area contributed by atoms with Crippen molar-refractivity contribution >= 4 is 0 Å². The molecule has 1 aliphatic carbocycles. The van der Waals surface area contributed by atoms with E-state index < -0.39 is 0 Å². The first kappa shape index (κ1) is 11.2. The zero-order chi connectivity index (χ0) is 12.8. The summed E-state index contributed by atoms with van der Waals surface area (Å²) in [6.07, 6.45) is 6.43. The molecule has 0 aromatic carbocycles. The van der Waals surface area contributed by atoms with E-state index in [1.165, 1.54) is 18.4 Å². The Kier molecular flexibility index (Phi) is 2.44. The Labute approximate surface area is 111 Å². The van der Waals surface area contributed by atoms with E-state index in [2.05, 4.69) is 37.9 Å². The molecule has 0 radical (unpaired) electrons. The monoisotopic (exact) mass is 259 g/mol. The van der Waals surface area contributed by atoms with Gasteiger partial charge in [0.1, 0.15) is 0 Å². The van der Waals surface area contributed by atoms with Crippen molar-refractivity contribution in [2.45, 2.75) is 38.3 Å². The minimum absolute atomic E-state index is 0.486. The van der Waals surface area contributed by atoms with E-state index in [1.54, 1.807) is 0 Å². The van der Waals surface area contributed by atoms with Gasteiger partial charge in [-0.15, -0.1) is 0 Å². The Morgan fingerprint density at radius 2 is 2.21 bits per heavy atom. The summed E-state index contributed by atoms with van der Waals surface area (Å²) in [4.78, 5) is 6.77. The molecule has 2 aromatic heterocycles. The lowest BCUT2D eigenvalue weighted by Gasteiger charge is -2.38. The quantitative estimate of drug-likeness (QED) is 0.833. The van der Waals surface area contributed by atoms with Crippen LogP contribution in [0.3, 0.4) is 0 Å². The first-order chi connectivity index (χ1) is 9.28. The van der Waals surface area contributed by atoms with Gasteiger partial charge in [0.05, 0.1) is 18.8 Å².